The van der Waals surface area contributed by atoms with E-state index in [0.29, 0.717) is 5.82 Å². The first-order valence-corrected chi connectivity index (χ1v) is 3.83. The Labute approximate surface area is 70.9 Å². The third-order valence-electron chi connectivity index (χ3n) is 1.25. The fraction of sp³-hybridized carbons (Fsp3) is 0.429. The van der Waals surface area contributed by atoms with Crippen molar-refractivity contribution in [2.45, 2.75) is 18.2 Å². The molecule has 1 atom stereocenters. The lowest BCUT2D eigenvalue weighted by Crippen LogP contribution is -1.97. The van der Waals surface area contributed by atoms with Crippen LogP contribution >= 0.6 is 11.6 Å². The molecule has 11 heavy (non-hydrogen) atoms. The van der Waals surface area contributed by atoms with Crippen LogP contribution in [0.15, 0.2) is 12.7 Å². The van der Waals surface area contributed by atoms with Crippen LogP contribution in [0.4, 0.5) is 0 Å². The lowest BCUT2D eigenvalue weighted by Gasteiger charge is -2.03. The van der Waals surface area contributed by atoms with E-state index >= 15 is 0 Å². The molecule has 0 aromatic carbocycles. The predicted molar refractivity (Wildman–Crippen MR) is 43.0 cm³/mol. The minimum Gasteiger partial charge on any atom is -0.225 e. The van der Waals surface area contributed by atoms with Crippen molar-refractivity contribution in [2.75, 3.05) is 0 Å². The monoisotopic (exact) mass is 170 g/mol. The average molecular weight is 171 g/mol. The van der Waals surface area contributed by atoms with Crippen LogP contribution in [0, 0.1) is 6.92 Å². The molecule has 0 bridgehead atoms. The molecule has 0 fully saturated rings. The van der Waals surface area contributed by atoms with Gasteiger partial charge in [0.25, 0.3) is 0 Å². The van der Waals surface area contributed by atoms with Crippen molar-refractivity contribution >= 4 is 11.6 Å². The maximum absolute atomic E-state index is 5.91. The Morgan fingerprint density at radius 3 is 2.64 bits per heavy atom. The van der Waals surface area contributed by atoms with Crippen LogP contribution in [-0.4, -0.2) is 15.0 Å². The van der Waals surface area contributed by atoms with Crippen LogP contribution in [0.2, 0.25) is 0 Å². The van der Waals surface area contributed by atoms with Crippen LogP contribution in [-0.2, 0) is 0 Å². The van der Waals surface area contributed by atoms with Gasteiger partial charge in [0.2, 0.25) is 0 Å². The van der Waals surface area contributed by atoms with E-state index in [1.807, 2.05) is 0 Å². The molecule has 59 valence electrons. The van der Waals surface area contributed by atoms with Crippen molar-refractivity contribution in [2.24, 2.45) is 0 Å². The van der Waals surface area contributed by atoms with Gasteiger partial charge in [0.15, 0.2) is 0 Å². The summed E-state index contributed by atoms with van der Waals surface area (Å²) in [5.41, 5.74) is 0. The van der Waals surface area contributed by atoms with E-state index in [1.54, 1.807) is 0 Å². The van der Waals surface area contributed by atoms with E-state index in [0.717, 1.165) is 12.8 Å². The summed E-state index contributed by atoms with van der Waals surface area (Å²) in [5.74, 6) is 0.630. The number of nitrogens with zero attached hydrogens (tertiary/aromatic N) is 3. The Kier molecular flexibility index (Phi) is 3.23. The quantitative estimate of drug-likeness (QED) is 0.649. The van der Waals surface area contributed by atoms with Gasteiger partial charge < -0.3 is 0 Å². The molecule has 0 saturated carbocycles. The van der Waals surface area contributed by atoms with Crippen molar-refractivity contribution < 1.29 is 0 Å². The first-order chi connectivity index (χ1) is 5.34. The molecule has 3 nitrogen and oxygen atoms in total. The van der Waals surface area contributed by atoms with Gasteiger partial charge >= 0.3 is 0 Å². The van der Waals surface area contributed by atoms with Gasteiger partial charge in [-0.05, 0) is 6.42 Å². The zero-order valence-electron chi connectivity index (χ0n) is 6.07. The summed E-state index contributed by atoms with van der Waals surface area (Å²) in [4.78, 5) is 11.5. The predicted octanol–water partition coefficient (Wildman–Crippen LogP) is 1.77. The molecule has 1 aromatic heterocycles. The molecule has 0 aliphatic rings. The third-order valence-corrected chi connectivity index (χ3v) is 1.66. The van der Waals surface area contributed by atoms with Crippen LogP contribution < -0.4 is 0 Å². The SMILES string of the molecule is [CH2]CCC(Cl)c1ncncn1. The smallest absolute Gasteiger partial charge is 0.149 e. The number of hydrogen-bond acceptors (Lipinski definition) is 3. The molecular formula is C7H9ClN3. The lowest BCUT2D eigenvalue weighted by atomic mass is 10.2. The van der Waals surface area contributed by atoms with E-state index in [-0.39, 0.29) is 5.38 Å². The number of aromatic nitrogens is 3. The first kappa shape index (κ1) is 8.40. The number of hydrogen-bond donors (Lipinski definition) is 0. The average Bonchev–Trinajstić information content (AvgIpc) is 2.07. The topological polar surface area (TPSA) is 38.7 Å². The normalized spacial score (nSPS) is 12.9. The Morgan fingerprint density at radius 1 is 1.45 bits per heavy atom. The summed E-state index contributed by atoms with van der Waals surface area (Å²) in [7, 11) is 0. The van der Waals surface area contributed by atoms with Crippen molar-refractivity contribution in [3.8, 4) is 0 Å². The van der Waals surface area contributed by atoms with Crippen molar-refractivity contribution in [1.82, 2.24) is 15.0 Å². The molecule has 1 radical (unpaired) electrons. The van der Waals surface area contributed by atoms with E-state index in [2.05, 4.69) is 21.9 Å². The largest absolute Gasteiger partial charge is 0.225 e. The van der Waals surface area contributed by atoms with Gasteiger partial charge in [0.05, 0.1) is 5.38 Å². The zero-order valence-corrected chi connectivity index (χ0v) is 6.83. The standard InChI is InChI=1S/C7H9ClN3/c1-2-3-6(8)7-10-4-9-5-11-7/h4-6H,1-3H2. The summed E-state index contributed by atoms with van der Waals surface area (Å²) in [5, 5.41) is -0.129. The summed E-state index contributed by atoms with van der Waals surface area (Å²) < 4.78 is 0. The van der Waals surface area contributed by atoms with Crippen LogP contribution in [0.25, 0.3) is 0 Å². The van der Waals surface area contributed by atoms with Gasteiger partial charge in [-0.1, -0.05) is 13.3 Å². The maximum Gasteiger partial charge on any atom is 0.149 e. The number of alkyl halides is 1. The molecule has 0 N–H and O–H groups in total. The zero-order chi connectivity index (χ0) is 8.10. The number of halogens is 1. The molecule has 0 saturated heterocycles. The highest BCUT2D eigenvalue weighted by Gasteiger charge is 2.07. The molecule has 0 spiro atoms. The fourth-order valence-corrected chi connectivity index (χ4v) is 0.985. The van der Waals surface area contributed by atoms with Crippen LogP contribution in [0.3, 0.4) is 0 Å². The molecule has 0 aliphatic heterocycles. The third kappa shape index (κ3) is 2.42. The molecule has 1 unspecified atom stereocenters. The van der Waals surface area contributed by atoms with Gasteiger partial charge in [-0.2, -0.15) is 0 Å². The van der Waals surface area contributed by atoms with Crippen LogP contribution in [0.5, 0.6) is 0 Å². The van der Waals surface area contributed by atoms with Crippen molar-refractivity contribution in [1.29, 1.82) is 0 Å². The van der Waals surface area contributed by atoms with E-state index in [1.165, 1.54) is 12.7 Å². The highest BCUT2D eigenvalue weighted by molar-refractivity contribution is 6.20. The van der Waals surface area contributed by atoms with E-state index in [4.69, 9.17) is 11.6 Å². The molecule has 0 amide bonds. The van der Waals surface area contributed by atoms with Gasteiger partial charge in [0.1, 0.15) is 18.5 Å². The molecule has 1 heterocycles. The summed E-state index contributed by atoms with van der Waals surface area (Å²) in [6.07, 6.45) is 4.48. The highest BCUT2D eigenvalue weighted by Crippen LogP contribution is 2.20. The highest BCUT2D eigenvalue weighted by atomic mass is 35.5. The Bertz CT molecular complexity index is 202. The van der Waals surface area contributed by atoms with Gasteiger partial charge in [-0.15, -0.1) is 11.6 Å². The second kappa shape index (κ2) is 4.23. The second-order valence-corrected chi connectivity index (χ2v) is 2.63. The molecular weight excluding hydrogens is 162 g/mol. The molecule has 1 aromatic rings. The minimum atomic E-state index is -0.129. The first-order valence-electron chi connectivity index (χ1n) is 3.40. The molecule has 4 heteroatoms. The van der Waals surface area contributed by atoms with E-state index < -0.39 is 0 Å². The summed E-state index contributed by atoms with van der Waals surface area (Å²) >= 11 is 5.91. The maximum atomic E-state index is 5.91. The minimum absolute atomic E-state index is 0.129. The summed E-state index contributed by atoms with van der Waals surface area (Å²) in [6.45, 7) is 3.70. The number of rotatable bonds is 3. The van der Waals surface area contributed by atoms with Crippen molar-refractivity contribution in [3.63, 3.8) is 0 Å². The van der Waals surface area contributed by atoms with Gasteiger partial charge in [0, 0.05) is 0 Å². The van der Waals surface area contributed by atoms with Crippen molar-refractivity contribution in [3.05, 3.63) is 25.4 Å². The van der Waals surface area contributed by atoms with E-state index in [9.17, 15) is 0 Å². The fourth-order valence-electron chi connectivity index (χ4n) is 0.718. The summed E-state index contributed by atoms with van der Waals surface area (Å²) in [6, 6.07) is 0. The lowest BCUT2D eigenvalue weighted by molar-refractivity contribution is 0.746. The molecule has 1 rings (SSSR count). The second-order valence-electron chi connectivity index (χ2n) is 2.11. The van der Waals surface area contributed by atoms with Gasteiger partial charge in [-0.25, -0.2) is 15.0 Å². The van der Waals surface area contributed by atoms with Crippen LogP contribution in [0.1, 0.15) is 24.0 Å². The Hall–Kier alpha value is -0.700. The molecule has 0 aliphatic carbocycles. The Balaban J connectivity index is 2.61. The Morgan fingerprint density at radius 2 is 2.09 bits per heavy atom. The van der Waals surface area contributed by atoms with Gasteiger partial charge in [-0.3, -0.25) is 0 Å².